The fourth-order valence-corrected chi connectivity index (χ4v) is 4.23. The maximum atomic E-state index is 12.9. The van der Waals surface area contributed by atoms with E-state index >= 15 is 0 Å². The van der Waals surface area contributed by atoms with Crippen molar-refractivity contribution in [2.24, 2.45) is 0 Å². The standard InChI is InChI=1S/C18H20N2O3S/c1-13-5-6-15(12-17(13)24(2,22)23)18(21)20-11-3-4-16(20)14-7-9-19-10-8-14/h5-10,12,16H,3-4,11H2,1-2H3. The highest BCUT2D eigenvalue weighted by Crippen LogP contribution is 2.33. The van der Waals surface area contributed by atoms with Crippen molar-refractivity contribution in [3.63, 3.8) is 0 Å². The first-order valence-corrected chi connectivity index (χ1v) is 9.78. The Morgan fingerprint density at radius 2 is 1.92 bits per heavy atom. The van der Waals surface area contributed by atoms with Crippen LogP contribution in [0.4, 0.5) is 0 Å². The minimum atomic E-state index is -3.36. The Hall–Kier alpha value is -2.21. The Bertz CT molecular complexity index is 863. The second kappa shape index (κ2) is 6.36. The van der Waals surface area contributed by atoms with Crippen molar-refractivity contribution in [1.82, 2.24) is 9.88 Å². The zero-order chi connectivity index (χ0) is 17.3. The number of benzene rings is 1. The Balaban J connectivity index is 1.94. The number of carbonyl (C=O) groups excluding carboxylic acids is 1. The third-order valence-corrected chi connectivity index (χ3v) is 5.68. The SMILES string of the molecule is Cc1ccc(C(=O)N2CCCC2c2ccncc2)cc1S(C)(=O)=O. The lowest BCUT2D eigenvalue weighted by molar-refractivity contribution is 0.0735. The third kappa shape index (κ3) is 3.19. The summed E-state index contributed by atoms with van der Waals surface area (Å²) in [4.78, 5) is 19.0. The van der Waals surface area contributed by atoms with Crippen molar-refractivity contribution >= 4 is 15.7 Å². The number of rotatable bonds is 3. The molecule has 0 radical (unpaired) electrons. The smallest absolute Gasteiger partial charge is 0.254 e. The predicted octanol–water partition coefficient (Wildman–Crippen LogP) is 2.77. The molecular weight excluding hydrogens is 324 g/mol. The Kier molecular flexibility index (Phi) is 4.41. The molecule has 1 aliphatic heterocycles. The molecular formula is C18H20N2O3S. The van der Waals surface area contributed by atoms with Crippen LogP contribution in [0.1, 0.15) is 40.4 Å². The lowest BCUT2D eigenvalue weighted by Gasteiger charge is -2.25. The van der Waals surface area contributed by atoms with Crippen LogP contribution in [0.5, 0.6) is 0 Å². The van der Waals surface area contributed by atoms with Crippen LogP contribution in [0.15, 0.2) is 47.6 Å². The van der Waals surface area contributed by atoms with E-state index in [-0.39, 0.29) is 16.8 Å². The fourth-order valence-electron chi connectivity index (χ4n) is 3.24. The van der Waals surface area contributed by atoms with Crippen LogP contribution < -0.4 is 0 Å². The van der Waals surface area contributed by atoms with Gasteiger partial charge in [-0.2, -0.15) is 0 Å². The summed E-state index contributed by atoms with van der Waals surface area (Å²) < 4.78 is 23.8. The second-order valence-corrected chi connectivity index (χ2v) is 8.17. The van der Waals surface area contributed by atoms with E-state index in [9.17, 15) is 13.2 Å². The molecule has 0 saturated carbocycles. The second-order valence-electron chi connectivity index (χ2n) is 6.19. The molecule has 0 spiro atoms. The number of aromatic nitrogens is 1. The van der Waals surface area contributed by atoms with Gasteiger partial charge in [-0.3, -0.25) is 9.78 Å². The summed E-state index contributed by atoms with van der Waals surface area (Å²) in [7, 11) is -3.36. The van der Waals surface area contributed by atoms with Gasteiger partial charge in [0.05, 0.1) is 10.9 Å². The van der Waals surface area contributed by atoms with Gasteiger partial charge in [-0.15, -0.1) is 0 Å². The van der Waals surface area contributed by atoms with Gasteiger partial charge >= 0.3 is 0 Å². The number of hydrogen-bond acceptors (Lipinski definition) is 4. The average molecular weight is 344 g/mol. The first-order chi connectivity index (χ1) is 11.4. The molecule has 5 nitrogen and oxygen atoms in total. The van der Waals surface area contributed by atoms with Gasteiger partial charge in [0.2, 0.25) is 0 Å². The molecule has 0 bridgehead atoms. The first-order valence-electron chi connectivity index (χ1n) is 7.89. The predicted molar refractivity (Wildman–Crippen MR) is 91.5 cm³/mol. The Morgan fingerprint density at radius 3 is 2.58 bits per heavy atom. The van der Waals surface area contributed by atoms with Crippen LogP contribution in [-0.2, 0) is 9.84 Å². The molecule has 1 aromatic carbocycles. The number of aryl methyl sites for hydroxylation is 1. The number of nitrogens with zero attached hydrogens (tertiary/aromatic N) is 2. The minimum absolute atomic E-state index is 0.0171. The Morgan fingerprint density at radius 1 is 1.21 bits per heavy atom. The van der Waals surface area contributed by atoms with Crippen molar-refractivity contribution in [3.05, 3.63) is 59.4 Å². The molecule has 126 valence electrons. The molecule has 0 N–H and O–H groups in total. The summed E-state index contributed by atoms with van der Waals surface area (Å²) in [6.07, 6.45) is 6.46. The van der Waals surface area contributed by atoms with Gasteiger partial charge in [-0.05, 0) is 55.2 Å². The molecule has 3 rings (SSSR count). The largest absolute Gasteiger partial charge is 0.332 e. The van der Waals surface area contributed by atoms with Gasteiger partial charge in [0.25, 0.3) is 5.91 Å². The van der Waals surface area contributed by atoms with Gasteiger partial charge in [0, 0.05) is 30.8 Å². The van der Waals surface area contributed by atoms with Crippen molar-refractivity contribution in [3.8, 4) is 0 Å². The van der Waals surface area contributed by atoms with E-state index < -0.39 is 9.84 Å². The molecule has 6 heteroatoms. The molecule has 1 unspecified atom stereocenters. The number of sulfone groups is 1. The summed E-state index contributed by atoms with van der Waals surface area (Å²) in [6.45, 7) is 2.41. The molecule has 0 aliphatic carbocycles. The average Bonchev–Trinajstić information content (AvgIpc) is 3.04. The maximum absolute atomic E-state index is 12.9. The van der Waals surface area contributed by atoms with Crippen LogP contribution in [0.25, 0.3) is 0 Å². The third-order valence-electron chi connectivity index (χ3n) is 4.44. The number of likely N-dealkylation sites (tertiary alicyclic amines) is 1. The molecule has 1 atom stereocenters. The molecule has 1 aromatic heterocycles. The van der Waals surface area contributed by atoms with E-state index in [2.05, 4.69) is 4.98 Å². The number of carbonyl (C=O) groups is 1. The van der Waals surface area contributed by atoms with E-state index in [1.54, 1.807) is 31.5 Å². The molecule has 1 aliphatic rings. The monoisotopic (exact) mass is 344 g/mol. The highest BCUT2D eigenvalue weighted by atomic mass is 32.2. The van der Waals surface area contributed by atoms with Gasteiger partial charge in [0.1, 0.15) is 0 Å². The molecule has 1 fully saturated rings. The van der Waals surface area contributed by atoms with Crippen LogP contribution >= 0.6 is 0 Å². The fraction of sp³-hybridized carbons (Fsp3) is 0.333. The summed E-state index contributed by atoms with van der Waals surface area (Å²) in [5.41, 5.74) is 2.13. The summed E-state index contributed by atoms with van der Waals surface area (Å²) in [5, 5.41) is 0. The van der Waals surface area contributed by atoms with Crippen LogP contribution in [0.3, 0.4) is 0 Å². The molecule has 1 amide bonds. The quantitative estimate of drug-likeness (QED) is 0.859. The number of hydrogen-bond donors (Lipinski definition) is 0. The topological polar surface area (TPSA) is 67.3 Å². The van der Waals surface area contributed by atoms with Crippen LogP contribution in [0, 0.1) is 6.92 Å². The van der Waals surface area contributed by atoms with E-state index in [0.717, 1.165) is 18.4 Å². The lowest BCUT2D eigenvalue weighted by Crippen LogP contribution is -2.30. The van der Waals surface area contributed by atoms with Crippen LogP contribution in [0.2, 0.25) is 0 Å². The molecule has 2 aromatic rings. The lowest BCUT2D eigenvalue weighted by atomic mass is 10.1. The highest BCUT2D eigenvalue weighted by molar-refractivity contribution is 7.90. The number of amides is 1. The number of pyridine rings is 1. The van der Waals surface area contributed by atoms with E-state index in [4.69, 9.17) is 0 Å². The van der Waals surface area contributed by atoms with Crippen molar-refractivity contribution in [2.75, 3.05) is 12.8 Å². The molecule has 2 heterocycles. The summed E-state index contributed by atoms with van der Waals surface area (Å²) in [6, 6.07) is 8.76. The van der Waals surface area contributed by atoms with E-state index in [0.29, 0.717) is 17.7 Å². The molecule has 1 saturated heterocycles. The maximum Gasteiger partial charge on any atom is 0.254 e. The van der Waals surface area contributed by atoms with Gasteiger partial charge < -0.3 is 4.90 Å². The van der Waals surface area contributed by atoms with Crippen molar-refractivity contribution in [2.45, 2.75) is 30.7 Å². The summed E-state index contributed by atoms with van der Waals surface area (Å²) >= 11 is 0. The first kappa shape index (κ1) is 16.6. The van der Waals surface area contributed by atoms with Gasteiger partial charge in [-0.1, -0.05) is 6.07 Å². The zero-order valence-corrected chi connectivity index (χ0v) is 14.6. The van der Waals surface area contributed by atoms with Crippen LogP contribution in [-0.4, -0.2) is 37.0 Å². The minimum Gasteiger partial charge on any atom is -0.332 e. The Labute approximate surface area is 142 Å². The van der Waals surface area contributed by atoms with Crippen molar-refractivity contribution < 1.29 is 13.2 Å². The van der Waals surface area contributed by atoms with Gasteiger partial charge in [0.15, 0.2) is 9.84 Å². The normalized spacial score (nSPS) is 17.9. The molecule has 24 heavy (non-hydrogen) atoms. The highest BCUT2D eigenvalue weighted by Gasteiger charge is 2.31. The summed E-state index contributed by atoms with van der Waals surface area (Å²) in [5.74, 6) is -0.126. The van der Waals surface area contributed by atoms with E-state index in [1.807, 2.05) is 17.0 Å². The van der Waals surface area contributed by atoms with Gasteiger partial charge in [-0.25, -0.2) is 8.42 Å². The van der Waals surface area contributed by atoms with Crippen molar-refractivity contribution in [1.29, 1.82) is 0 Å². The zero-order valence-electron chi connectivity index (χ0n) is 13.8. The van der Waals surface area contributed by atoms with E-state index in [1.165, 1.54) is 12.3 Å².